The molecule has 0 aromatic carbocycles. The Hall–Kier alpha value is -2.50. The zero-order chi connectivity index (χ0) is 17.8. The Bertz CT molecular complexity index is 715. The summed E-state index contributed by atoms with van der Waals surface area (Å²) in [5.74, 6) is 2.37. The van der Waals surface area contributed by atoms with Crippen molar-refractivity contribution in [2.75, 3.05) is 31.1 Å². The minimum absolute atomic E-state index is 0.210. The van der Waals surface area contributed by atoms with E-state index in [1.807, 2.05) is 29.2 Å². The highest BCUT2D eigenvalue weighted by Gasteiger charge is 2.34. The van der Waals surface area contributed by atoms with Crippen LogP contribution in [0, 0.1) is 11.8 Å². The summed E-state index contributed by atoms with van der Waals surface area (Å²) in [6, 6.07) is 7.59. The van der Waals surface area contributed by atoms with Crippen molar-refractivity contribution in [3.8, 4) is 0 Å². The van der Waals surface area contributed by atoms with E-state index in [-0.39, 0.29) is 5.91 Å². The normalized spacial score (nSPS) is 21.2. The molecule has 2 aromatic heterocycles. The highest BCUT2D eigenvalue weighted by molar-refractivity contribution is 5.78. The maximum atomic E-state index is 12.5. The molecule has 6 heteroatoms. The fourth-order valence-electron chi connectivity index (χ4n) is 4.19. The van der Waals surface area contributed by atoms with E-state index in [1.54, 1.807) is 18.6 Å². The number of nitrogens with zero attached hydrogens (tertiary/aromatic N) is 5. The largest absolute Gasteiger partial charge is 0.342 e. The van der Waals surface area contributed by atoms with Crippen LogP contribution < -0.4 is 4.90 Å². The number of amides is 1. The summed E-state index contributed by atoms with van der Waals surface area (Å²) in [7, 11) is 0. The van der Waals surface area contributed by atoms with E-state index in [1.165, 1.54) is 0 Å². The molecule has 2 aromatic rings. The van der Waals surface area contributed by atoms with Crippen LogP contribution in [0.15, 0.2) is 42.9 Å². The van der Waals surface area contributed by atoms with Crippen LogP contribution in [-0.4, -0.2) is 51.9 Å². The molecule has 0 radical (unpaired) electrons. The summed E-state index contributed by atoms with van der Waals surface area (Å²) >= 11 is 0. The van der Waals surface area contributed by atoms with Gasteiger partial charge in [-0.3, -0.25) is 9.78 Å². The number of likely N-dealkylation sites (tertiary alicyclic amines) is 1. The molecule has 2 fully saturated rings. The Kier molecular flexibility index (Phi) is 5.09. The molecule has 1 atom stereocenters. The molecule has 4 heterocycles. The third-order valence-corrected chi connectivity index (χ3v) is 5.68. The monoisotopic (exact) mass is 351 g/mol. The molecule has 6 nitrogen and oxygen atoms in total. The number of rotatable bonds is 4. The van der Waals surface area contributed by atoms with Gasteiger partial charge >= 0.3 is 0 Å². The van der Waals surface area contributed by atoms with Crippen molar-refractivity contribution in [1.82, 2.24) is 19.9 Å². The Balaban J connectivity index is 1.27. The number of hydrogen-bond donors (Lipinski definition) is 0. The van der Waals surface area contributed by atoms with E-state index >= 15 is 0 Å². The maximum Gasteiger partial charge on any atom is 0.228 e. The zero-order valence-corrected chi connectivity index (χ0v) is 15.0. The van der Waals surface area contributed by atoms with Crippen LogP contribution in [0.2, 0.25) is 0 Å². The van der Waals surface area contributed by atoms with Gasteiger partial charge in [0.1, 0.15) is 0 Å². The van der Waals surface area contributed by atoms with Gasteiger partial charge in [-0.1, -0.05) is 6.07 Å². The van der Waals surface area contributed by atoms with Gasteiger partial charge < -0.3 is 9.80 Å². The predicted molar refractivity (Wildman–Crippen MR) is 99.6 cm³/mol. The number of piperidine rings is 1. The number of carbonyl (C=O) groups excluding carboxylic acids is 1. The molecule has 0 saturated carbocycles. The van der Waals surface area contributed by atoms with Crippen LogP contribution in [0.3, 0.4) is 0 Å². The topological polar surface area (TPSA) is 62.2 Å². The first kappa shape index (κ1) is 16.9. The molecule has 1 amide bonds. The zero-order valence-electron chi connectivity index (χ0n) is 15.0. The number of aromatic nitrogens is 3. The summed E-state index contributed by atoms with van der Waals surface area (Å²) in [5, 5.41) is 0. The van der Waals surface area contributed by atoms with Crippen molar-refractivity contribution in [1.29, 1.82) is 0 Å². The second kappa shape index (κ2) is 7.81. The van der Waals surface area contributed by atoms with E-state index in [0.717, 1.165) is 57.1 Å². The first-order valence-corrected chi connectivity index (χ1v) is 9.49. The molecule has 0 unspecified atom stereocenters. The highest BCUT2D eigenvalue weighted by Crippen LogP contribution is 2.32. The van der Waals surface area contributed by atoms with Gasteiger partial charge in [0.15, 0.2) is 0 Å². The van der Waals surface area contributed by atoms with Crippen molar-refractivity contribution >= 4 is 11.9 Å². The highest BCUT2D eigenvalue weighted by atomic mass is 16.2. The predicted octanol–water partition coefficient (Wildman–Crippen LogP) is 2.18. The van der Waals surface area contributed by atoms with E-state index in [2.05, 4.69) is 19.9 Å². The standard InChI is InChI=1S/C20H25N5O/c26-19(14-18-4-1-2-8-21-18)25-13-7-17(15-25)16-5-11-24(12-6-16)20-22-9-3-10-23-20/h1-4,8-10,16-17H,5-7,11-15H2/t17-/m0/s1. The number of pyridine rings is 1. The van der Waals surface area contributed by atoms with Gasteiger partial charge in [0.05, 0.1) is 6.42 Å². The number of carbonyl (C=O) groups is 1. The molecule has 0 N–H and O–H groups in total. The fourth-order valence-corrected chi connectivity index (χ4v) is 4.19. The first-order valence-electron chi connectivity index (χ1n) is 9.49. The van der Waals surface area contributed by atoms with Gasteiger partial charge in [-0.05, 0) is 49.3 Å². The van der Waals surface area contributed by atoms with Gasteiger partial charge in [0, 0.05) is 50.5 Å². The van der Waals surface area contributed by atoms with Crippen molar-refractivity contribution < 1.29 is 4.79 Å². The van der Waals surface area contributed by atoms with Crippen molar-refractivity contribution in [3.05, 3.63) is 48.5 Å². The SMILES string of the molecule is O=C(Cc1ccccn1)N1CC[C@H](C2CCN(c3ncccn3)CC2)C1. The van der Waals surface area contributed by atoms with Gasteiger partial charge in [0.25, 0.3) is 0 Å². The molecule has 26 heavy (non-hydrogen) atoms. The lowest BCUT2D eigenvalue weighted by molar-refractivity contribution is -0.129. The van der Waals surface area contributed by atoms with E-state index in [9.17, 15) is 4.79 Å². The van der Waals surface area contributed by atoms with Crippen LogP contribution in [-0.2, 0) is 11.2 Å². The van der Waals surface area contributed by atoms with Crippen molar-refractivity contribution in [2.24, 2.45) is 11.8 Å². The average molecular weight is 351 g/mol. The van der Waals surface area contributed by atoms with Crippen LogP contribution in [0.4, 0.5) is 5.95 Å². The Morgan fingerprint density at radius 2 is 1.65 bits per heavy atom. The summed E-state index contributed by atoms with van der Waals surface area (Å²) in [6.45, 7) is 3.80. The van der Waals surface area contributed by atoms with Gasteiger partial charge in [-0.2, -0.15) is 0 Å². The molecule has 0 bridgehead atoms. The smallest absolute Gasteiger partial charge is 0.228 e. The molecule has 0 aliphatic carbocycles. The fraction of sp³-hybridized carbons (Fsp3) is 0.500. The lowest BCUT2D eigenvalue weighted by Crippen LogP contribution is -2.38. The van der Waals surface area contributed by atoms with Crippen LogP contribution in [0.25, 0.3) is 0 Å². The van der Waals surface area contributed by atoms with Crippen molar-refractivity contribution in [3.63, 3.8) is 0 Å². The van der Waals surface area contributed by atoms with E-state index < -0.39 is 0 Å². The molecule has 4 rings (SSSR count). The first-order chi connectivity index (χ1) is 12.8. The second-order valence-corrected chi connectivity index (χ2v) is 7.26. The second-order valence-electron chi connectivity index (χ2n) is 7.26. The summed E-state index contributed by atoms with van der Waals surface area (Å²) in [6.07, 6.45) is 9.21. The van der Waals surface area contributed by atoms with Crippen LogP contribution >= 0.6 is 0 Å². The van der Waals surface area contributed by atoms with E-state index in [0.29, 0.717) is 18.3 Å². The molecule has 2 aliphatic heterocycles. The van der Waals surface area contributed by atoms with Crippen LogP contribution in [0.1, 0.15) is 25.0 Å². The number of hydrogen-bond acceptors (Lipinski definition) is 5. The summed E-state index contributed by atoms with van der Waals surface area (Å²) < 4.78 is 0. The average Bonchev–Trinajstić information content (AvgIpc) is 3.20. The Morgan fingerprint density at radius 3 is 2.38 bits per heavy atom. The van der Waals surface area contributed by atoms with E-state index in [4.69, 9.17) is 0 Å². The molecule has 0 spiro atoms. The molecule has 136 valence electrons. The summed E-state index contributed by atoms with van der Waals surface area (Å²) in [5.41, 5.74) is 0.858. The van der Waals surface area contributed by atoms with Crippen molar-refractivity contribution in [2.45, 2.75) is 25.7 Å². The number of anilines is 1. The third kappa shape index (κ3) is 3.84. The summed E-state index contributed by atoms with van der Waals surface area (Å²) in [4.78, 5) is 29.8. The van der Waals surface area contributed by atoms with Gasteiger partial charge in [-0.15, -0.1) is 0 Å². The van der Waals surface area contributed by atoms with Gasteiger partial charge in [0.2, 0.25) is 11.9 Å². The minimum Gasteiger partial charge on any atom is -0.342 e. The molecule has 2 saturated heterocycles. The Labute approximate surface area is 154 Å². The molecular weight excluding hydrogens is 326 g/mol. The third-order valence-electron chi connectivity index (χ3n) is 5.68. The van der Waals surface area contributed by atoms with Crippen LogP contribution in [0.5, 0.6) is 0 Å². The maximum absolute atomic E-state index is 12.5. The Morgan fingerprint density at radius 1 is 0.923 bits per heavy atom. The van der Waals surface area contributed by atoms with Gasteiger partial charge in [-0.25, -0.2) is 9.97 Å². The minimum atomic E-state index is 0.210. The quantitative estimate of drug-likeness (QED) is 0.845. The molecular formula is C20H25N5O. The lowest BCUT2D eigenvalue weighted by Gasteiger charge is -2.34. The molecule has 2 aliphatic rings. The lowest BCUT2D eigenvalue weighted by atomic mass is 9.84.